The Kier molecular flexibility index (Phi) is 6.16. The van der Waals surface area contributed by atoms with E-state index in [0.717, 1.165) is 0 Å². The molecule has 4 N–H and O–H groups in total. The molecule has 0 aliphatic rings. The highest BCUT2D eigenvalue weighted by Crippen LogP contribution is 2.37. The fourth-order valence-corrected chi connectivity index (χ4v) is 2.76. The molecule has 0 radical (unpaired) electrons. The second-order valence-electron chi connectivity index (χ2n) is 4.96. The molecule has 0 unspecified atom stereocenters. The number of aliphatic imine (C=N–C) groups is 1. The van der Waals surface area contributed by atoms with Gasteiger partial charge in [0.1, 0.15) is 18.1 Å². The summed E-state index contributed by atoms with van der Waals surface area (Å²) < 4.78 is 36.7. The maximum atomic E-state index is 12.2. The normalized spacial score (nSPS) is 12.5. The van der Waals surface area contributed by atoms with Crippen molar-refractivity contribution in [1.82, 2.24) is 4.98 Å². The van der Waals surface area contributed by atoms with Crippen LogP contribution < -0.4 is 11.5 Å². The van der Waals surface area contributed by atoms with E-state index in [4.69, 9.17) is 46.3 Å². The van der Waals surface area contributed by atoms with Crippen molar-refractivity contribution in [3.63, 3.8) is 0 Å². The number of rotatable bonds is 4. The zero-order valence-corrected chi connectivity index (χ0v) is 14.8. The van der Waals surface area contributed by atoms with Gasteiger partial charge in [0.05, 0.1) is 15.7 Å². The Morgan fingerprint density at radius 3 is 2.40 bits per heavy atom. The first-order chi connectivity index (χ1) is 11.6. The summed E-state index contributed by atoms with van der Waals surface area (Å²) in [5, 5.41) is 0.874. The number of aromatic nitrogens is 1. The third kappa shape index (κ3) is 4.98. The Hall–Kier alpha value is -1.54. The molecule has 1 aromatic heterocycles. The monoisotopic (exact) mass is 410 g/mol. The number of hydrogen-bond donors (Lipinski definition) is 2. The number of alkyl halides is 3. The fourth-order valence-electron chi connectivity index (χ4n) is 2.05. The van der Waals surface area contributed by atoms with E-state index in [1.54, 1.807) is 12.1 Å². The third-order valence-electron chi connectivity index (χ3n) is 3.14. The quantitative estimate of drug-likeness (QED) is 0.444. The van der Waals surface area contributed by atoms with E-state index in [1.165, 1.54) is 12.1 Å². The Labute approximate surface area is 156 Å². The number of nitrogens with zero attached hydrogens (tertiary/aromatic N) is 2. The van der Waals surface area contributed by atoms with Gasteiger partial charge in [0.15, 0.2) is 0 Å². The van der Waals surface area contributed by atoms with Gasteiger partial charge in [-0.05, 0) is 18.2 Å². The molecule has 2 rings (SSSR count). The Morgan fingerprint density at radius 2 is 1.80 bits per heavy atom. The smallest absolute Gasteiger partial charge is 0.382 e. The number of halogens is 6. The molecule has 0 atom stereocenters. The lowest BCUT2D eigenvalue weighted by molar-refractivity contribution is -0.118. The molecule has 0 aliphatic heterocycles. The number of benzene rings is 1. The molecule has 0 saturated heterocycles. The molecule has 0 bridgehead atoms. The molecular formula is C15H12Cl3F3N4. The van der Waals surface area contributed by atoms with E-state index < -0.39 is 12.7 Å². The van der Waals surface area contributed by atoms with Gasteiger partial charge in [-0.2, -0.15) is 13.2 Å². The third-order valence-corrected chi connectivity index (χ3v) is 4.16. The lowest BCUT2D eigenvalue weighted by Crippen LogP contribution is -2.21. The highest BCUT2D eigenvalue weighted by Gasteiger charge is 2.26. The Bertz CT molecular complexity index is 822. The average molecular weight is 412 g/mol. The summed E-state index contributed by atoms with van der Waals surface area (Å²) in [6.07, 6.45) is -4.45. The topological polar surface area (TPSA) is 77.3 Å². The molecule has 4 nitrogen and oxygen atoms in total. The highest BCUT2D eigenvalue weighted by atomic mass is 35.5. The number of amidine groups is 1. The minimum atomic E-state index is -4.45. The van der Waals surface area contributed by atoms with Gasteiger partial charge in [-0.1, -0.05) is 40.9 Å². The number of pyridine rings is 1. The van der Waals surface area contributed by atoms with Crippen molar-refractivity contribution < 1.29 is 13.2 Å². The number of nitrogens with two attached hydrogens (primary N) is 2. The second-order valence-corrected chi connectivity index (χ2v) is 6.18. The summed E-state index contributed by atoms with van der Waals surface area (Å²) in [6, 6.07) is 6.08. The van der Waals surface area contributed by atoms with Crippen LogP contribution in [0.4, 0.5) is 13.2 Å². The highest BCUT2D eigenvalue weighted by molar-refractivity contribution is 6.45. The first-order valence-corrected chi connectivity index (χ1v) is 7.97. The van der Waals surface area contributed by atoms with Gasteiger partial charge in [-0.15, -0.1) is 0 Å². The first-order valence-electron chi connectivity index (χ1n) is 6.84. The molecule has 10 heteroatoms. The molecular weight excluding hydrogens is 400 g/mol. The van der Waals surface area contributed by atoms with E-state index in [1.807, 2.05) is 0 Å². The molecule has 1 heterocycles. The molecule has 0 saturated carbocycles. The van der Waals surface area contributed by atoms with Crippen molar-refractivity contribution in [2.45, 2.75) is 12.7 Å². The van der Waals surface area contributed by atoms with Crippen LogP contribution in [0.25, 0.3) is 11.1 Å². The van der Waals surface area contributed by atoms with E-state index in [2.05, 4.69) is 9.98 Å². The molecule has 0 amide bonds. The van der Waals surface area contributed by atoms with Gasteiger partial charge in [0.25, 0.3) is 0 Å². The fraction of sp³-hybridized carbons (Fsp3) is 0.200. The van der Waals surface area contributed by atoms with Crippen LogP contribution in [0.3, 0.4) is 0 Å². The largest absolute Gasteiger partial charge is 0.408 e. The zero-order valence-electron chi connectivity index (χ0n) is 12.5. The summed E-state index contributed by atoms with van der Waals surface area (Å²) in [4.78, 5) is 7.46. The summed E-state index contributed by atoms with van der Waals surface area (Å²) >= 11 is 18.2. The first kappa shape index (κ1) is 19.8. The van der Waals surface area contributed by atoms with Crippen LogP contribution in [0.15, 0.2) is 29.3 Å². The summed E-state index contributed by atoms with van der Waals surface area (Å²) in [7, 11) is 0. The molecule has 1 aromatic carbocycles. The van der Waals surface area contributed by atoms with Gasteiger partial charge in [-0.3, -0.25) is 4.99 Å². The molecule has 0 spiro atoms. The van der Waals surface area contributed by atoms with Crippen molar-refractivity contribution in [2.24, 2.45) is 16.5 Å². The lowest BCUT2D eigenvalue weighted by atomic mass is 10.0. The van der Waals surface area contributed by atoms with Crippen LogP contribution in [0, 0.1) is 0 Å². The summed E-state index contributed by atoms with van der Waals surface area (Å²) in [5.74, 6) is -0.339. The van der Waals surface area contributed by atoms with Gasteiger partial charge >= 0.3 is 6.18 Å². The standard InChI is InChI=1S/C15H12Cl3F3N4/c16-7-3-9(13(18)10(17)4-7)8-1-2-11(25-12(8)5-22)14(23)24-6-15(19,20)21/h1-4H,5-6,22H2,(H2,23,24). The second kappa shape index (κ2) is 7.78. The Balaban J connectivity index is 2.48. The number of hydrogen-bond acceptors (Lipinski definition) is 3. The van der Waals surface area contributed by atoms with Crippen LogP contribution >= 0.6 is 34.8 Å². The van der Waals surface area contributed by atoms with Crippen molar-refractivity contribution in [1.29, 1.82) is 0 Å². The summed E-state index contributed by atoms with van der Waals surface area (Å²) in [6.45, 7) is -1.40. The van der Waals surface area contributed by atoms with Crippen molar-refractivity contribution in [3.8, 4) is 11.1 Å². The van der Waals surface area contributed by atoms with E-state index in [9.17, 15) is 13.2 Å². The maximum Gasteiger partial charge on any atom is 0.408 e. The van der Waals surface area contributed by atoms with Crippen LogP contribution in [-0.4, -0.2) is 23.5 Å². The van der Waals surface area contributed by atoms with Crippen LogP contribution in [0.5, 0.6) is 0 Å². The minimum Gasteiger partial charge on any atom is -0.382 e. The van der Waals surface area contributed by atoms with Crippen LogP contribution in [0.2, 0.25) is 15.1 Å². The van der Waals surface area contributed by atoms with Crippen molar-refractivity contribution in [3.05, 3.63) is 50.7 Å². The lowest BCUT2D eigenvalue weighted by Gasteiger charge is -2.12. The molecule has 134 valence electrons. The van der Waals surface area contributed by atoms with Crippen molar-refractivity contribution in [2.75, 3.05) is 6.54 Å². The van der Waals surface area contributed by atoms with Gasteiger partial charge < -0.3 is 11.5 Å². The Morgan fingerprint density at radius 1 is 1.12 bits per heavy atom. The van der Waals surface area contributed by atoms with Crippen LogP contribution in [-0.2, 0) is 6.54 Å². The average Bonchev–Trinajstić information content (AvgIpc) is 2.54. The van der Waals surface area contributed by atoms with E-state index >= 15 is 0 Å². The molecule has 0 aliphatic carbocycles. The predicted octanol–water partition coefficient (Wildman–Crippen LogP) is 4.44. The zero-order chi connectivity index (χ0) is 18.8. The molecule has 0 fully saturated rings. The van der Waals surface area contributed by atoms with Crippen molar-refractivity contribution >= 4 is 40.6 Å². The van der Waals surface area contributed by atoms with Gasteiger partial charge in [0, 0.05) is 22.7 Å². The SMILES string of the molecule is NCc1nc(C(N)=NCC(F)(F)F)ccc1-c1cc(Cl)cc(Cl)c1Cl. The predicted molar refractivity (Wildman–Crippen MR) is 94.2 cm³/mol. The van der Waals surface area contributed by atoms with Gasteiger partial charge in [0.2, 0.25) is 0 Å². The molecule has 2 aromatic rings. The maximum absolute atomic E-state index is 12.2. The molecule has 25 heavy (non-hydrogen) atoms. The van der Waals surface area contributed by atoms with Crippen LogP contribution in [0.1, 0.15) is 11.4 Å². The van der Waals surface area contributed by atoms with Gasteiger partial charge in [-0.25, -0.2) is 4.98 Å². The van der Waals surface area contributed by atoms with E-state index in [-0.39, 0.29) is 28.1 Å². The summed E-state index contributed by atoms with van der Waals surface area (Å²) in [5.41, 5.74) is 12.8. The van der Waals surface area contributed by atoms with E-state index in [0.29, 0.717) is 21.8 Å². The minimum absolute atomic E-state index is 0.00378.